The molecule has 0 saturated carbocycles. The van der Waals surface area contributed by atoms with Crippen LogP contribution >= 0.6 is 0 Å². The number of esters is 1. The van der Waals surface area contributed by atoms with Crippen LogP contribution < -0.4 is 5.32 Å². The maximum atomic E-state index is 12.3. The minimum atomic E-state index is -0.956. The molecule has 28 heavy (non-hydrogen) atoms. The Morgan fingerprint density at radius 3 is 2.46 bits per heavy atom. The Bertz CT molecular complexity index is 1060. The van der Waals surface area contributed by atoms with Crippen LogP contribution in [0.4, 0.5) is 5.69 Å². The van der Waals surface area contributed by atoms with E-state index >= 15 is 0 Å². The fourth-order valence-electron chi connectivity index (χ4n) is 2.41. The van der Waals surface area contributed by atoms with E-state index in [1.54, 1.807) is 31.3 Å². The van der Waals surface area contributed by atoms with Crippen molar-refractivity contribution in [1.29, 1.82) is 0 Å². The molecule has 0 spiro atoms. The molecule has 1 N–H and O–H groups in total. The van der Waals surface area contributed by atoms with Crippen LogP contribution in [0.15, 0.2) is 60.8 Å². The Labute approximate surface area is 161 Å². The minimum absolute atomic E-state index is 0.119. The fraction of sp³-hybridized carbons (Fsp3) is 0.0952. The van der Waals surface area contributed by atoms with Gasteiger partial charge in [0, 0.05) is 11.3 Å². The van der Waals surface area contributed by atoms with Gasteiger partial charge in [0.25, 0.3) is 0 Å². The van der Waals surface area contributed by atoms with Gasteiger partial charge in [0.1, 0.15) is 0 Å². The van der Waals surface area contributed by atoms with Gasteiger partial charge in [-0.1, -0.05) is 12.1 Å². The van der Waals surface area contributed by atoms with Gasteiger partial charge in [0.15, 0.2) is 5.78 Å². The zero-order chi connectivity index (χ0) is 19.9. The van der Waals surface area contributed by atoms with E-state index in [9.17, 15) is 14.4 Å². The first-order valence-corrected chi connectivity index (χ1v) is 8.59. The van der Waals surface area contributed by atoms with Crippen LogP contribution in [0.5, 0.6) is 0 Å². The Hall–Kier alpha value is -3.87. The summed E-state index contributed by atoms with van der Waals surface area (Å²) < 4.78 is 4.61. The molecule has 1 amide bonds. The van der Waals surface area contributed by atoms with Gasteiger partial charge in [-0.2, -0.15) is 0 Å². The summed E-state index contributed by atoms with van der Waals surface area (Å²) in [5.41, 5.74) is 2.92. The van der Waals surface area contributed by atoms with Crippen molar-refractivity contribution in [3.63, 3.8) is 0 Å². The highest BCUT2D eigenvalue weighted by Gasteiger charge is 2.14. The molecule has 0 aliphatic carbocycles. The number of para-hydroxylation sites is 2. The summed E-state index contributed by atoms with van der Waals surface area (Å²) in [6.45, 7) is 1.73. The summed E-state index contributed by atoms with van der Waals surface area (Å²) in [7, 11) is 0. The molecule has 7 nitrogen and oxygen atoms in total. The van der Waals surface area contributed by atoms with E-state index in [4.69, 9.17) is 0 Å². The lowest BCUT2D eigenvalue weighted by Gasteiger charge is -2.05. The van der Waals surface area contributed by atoms with Crippen molar-refractivity contribution in [2.75, 3.05) is 11.9 Å². The normalized spacial score (nSPS) is 10.8. The standard InChI is InChI=1S/C21H17N3O4/c1-2-28-21(27)20(26)24-15-9-7-14(8-10-15)19(25)12-11-16-13-22-17-5-3-4-6-18(17)23-16/h3-13H,2H2,1H3,(H,24,26). The molecule has 3 rings (SSSR count). The highest BCUT2D eigenvalue weighted by molar-refractivity contribution is 6.37. The number of amides is 1. The molecule has 2 aromatic carbocycles. The minimum Gasteiger partial charge on any atom is -0.459 e. The summed E-state index contributed by atoms with van der Waals surface area (Å²) in [6, 6.07) is 13.7. The maximum Gasteiger partial charge on any atom is 0.397 e. The fourth-order valence-corrected chi connectivity index (χ4v) is 2.41. The third-order valence-electron chi connectivity index (χ3n) is 3.76. The Balaban J connectivity index is 1.66. The van der Waals surface area contributed by atoms with Crippen molar-refractivity contribution in [2.24, 2.45) is 0 Å². The van der Waals surface area contributed by atoms with Gasteiger partial charge >= 0.3 is 11.9 Å². The number of aromatic nitrogens is 2. The molecule has 0 bridgehead atoms. The SMILES string of the molecule is CCOC(=O)C(=O)Nc1ccc(C(=O)C=Cc2cnc3ccccc3n2)cc1. The molecule has 3 aromatic rings. The second kappa shape index (κ2) is 8.68. The number of carbonyl (C=O) groups is 3. The second-order valence-electron chi connectivity index (χ2n) is 5.73. The first kappa shape index (κ1) is 18.9. The smallest absolute Gasteiger partial charge is 0.397 e. The zero-order valence-electron chi connectivity index (χ0n) is 15.1. The van der Waals surface area contributed by atoms with Gasteiger partial charge in [-0.15, -0.1) is 0 Å². The number of rotatable bonds is 5. The monoisotopic (exact) mass is 375 g/mol. The number of benzene rings is 2. The predicted molar refractivity (Wildman–Crippen MR) is 105 cm³/mol. The van der Waals surface area contributed by atoms with E-state index in [0.29, 0.717) is 16.9 Å². The first-order chi connectivity index (χ1) is 13.6. The number of ether oxygens (including phenoxy) is 1. The van der Waals surface area contributed by atoms with Crippen LogP contribution in [0.1, 0.15) is 23.0 Å². The average molecular weight is 375 g/mol. The van der Waals surface area contributed by atoms with Crippen LogP contribution in [0, 0.1) is 0 Å². The van der Waals surface area contributed by atoms with E-state index in [1.165, 1.54) is 18.2 Å². The average Bonchev–Trinajstić information content (AvgIpc) is 2.72. The second-order valence-corrected chi connectivity index (χ2v) is 5.73. The third-order valence-corrected chi connectivity index (χ3v) is 3.76. The van der Waals surface area contributed by atoms with Gasteiger partial charge in [0.05, 0.1) is 29.5 Å². The summed E-state index contributed by atoms with van der Waals surface area (Å²) in [6.07, 6.45) is 4.60. The Kier molecular flexibility index (Phi) is 5.86. The van der Waals surface area contributed by atoms with E-state index in [1.807, 2.05) is 24.3 Å². The Morgan fingerprint density at radius 2 is 1.75 bits per heavy atom. The van der Waals surface area contributed by atoms with Gasteiger partial charge in [0.2, 0.25) is 0 Å². The number of allylic oxidation sites excluding steroid dienone is 1. The molecule has 0 fully saturated rings. The molecule has 7 heteroatoms. The van der Waals surface area contributed by atoms with Crippen molar-refractivity contribution in [1.82, 2.24) is 9.97 Å². The summed E-state index contributed by atoms with van der Waals surface area (Å²) in [4.78, 5) is 43.9. The largest absolute Gasteiger partial charge is 0.459 e. The number of hydrogen-bond acceptors (Lipinski definition) is 6. The van der Waals surface area contributed by atoms with Crippen LogP contribution in [0.3, 0.4) is 0 Å². The highest BCUT2D eigenvalue weighted by Crippen LogP contribution is 2.12. The number of anilines is 1. The molecular weight excluding hydrogens is 358 g/mol. The van der Waals surface area contributed by atoms with Gasteiger partial charge < -0.3 is 10.1 Å². The molecule has 1 aromatic heterocycles. The molecule has 140 valence electrons. The Morgan fingerprint density at radius 1 is 1.04 bits per heavy atom. The highest BCUT2D eigenvalue weighted by atomic mass is 16.5. The summed E-state index contributed by atoms with van der Waals surface area (Å²) >= 11 is 0. The van der Waals surface area contributed by atoms with Crippen molar-refractivity contribution >= 4 is 40.5 Å². The quantitative estimate of drug-likeness (QED) is 0.319. The van der Waals surface area contributed by atoms with Gasteiger partial charge in [-0.05, 0) is 55.5 Å². The van der Waals surface area contributed by atoms with Crippen molar-refractivity contribution in [3.8, 4) is 0 Å². The molecule has 0 aliphatic rings. The van der Waals surface area contributed by atoms with E-state index in [2.05, 4.69) is 20.0 Å². The molecular formula is C21H17N3O4. The van der Waals surface area contributed by atoms with Crippen LogP contribution in [0.25, 0.3) is 17.1 Å². The zero-order valence-corrected chi connectivity index (χ0v) is 15.1. The van der Waals surface area contributed by atoms with Crippen LogP contribution in [-0.2, 0) is 14.3 Å². The number of hydrogen-bond donors (Lipinski definition) is 1. The molecule has 1 heterocycles. The van der Waals surface area contributed by atoms with E-state index in [-0.39, 0.29) is 12.4 Å². The molecule has 0 saturated heterocycles. The topological polar surface area (TPSA) is 98.2 Å². The van der Waals surface area contributed by atoms with E-state index in [0.717, 1.165) is 11.0 Å². The summed E-state index contributed by atoms with van der Waals surface area (Å²) in [5.74, 6) is -2.05. The lowest BCUT2D eigenvalue weighted by molar-refractivity contribution is -0.152. The van der Waals surface area contributed by atoms with Crippen molar-refractivity contribution in [2.45, 2.75) is 6.92 Å². The lowest BCUT2D eigenvalue weighted by atomic mass is 10.1. The van der Waals surface area contributed by atoms with Gasteiger partial charge in [-0.3, -0.25) is 14.6 Å². The predicted octanol–water partition coefficient (Wildman–Crippen LogP) is 3.03. The lowest BCUT2D eigenvalue weighted by Crippen LogP contribution is -2.24. The maximum absolute atomic E-state index is 12.3. The number of carbonyl (C=O) groups excluding carboxylic acids is 3. The molecule has 0 aliphatic heterocycles. The third kappa shape index (κ3) is 4.64. The molecule has 0 radical (unpaired) electrons. The number of fused-ring (bicyclic) bond motifs is 1. The number of nitrogens with one attached hydrogen (secondary N) is 1. The van der Waals surface area contributed by atoms with Crippen LogP contribution in [0.2, 0.25) is 0 Å². The van der Waals surface area contributed by atoms with Crippen molar-refractivity contribution < 1.29 is 19.1 Å². The number of ketones is 1. The van der Waals surface area contributed by atoms with Gasteiger partial charge in [-0.25, -0.2) is 9.78 Å². The molecule has 0 atom stereocenters. The summed E-state index contributed by atoms with van der Waals surface area (Å²) in [5, 5.41) is 2.41. The van der Waals surface area contributed by atoms with Crippen molar-refractivity contribution in [3.05, 3.63) is 72.1 Å². The van der Waals surface area contributed by atoms with Crippen LogP contribution in [-0.4, -0.2) is 34.2 Å². The molecule has 0 unspecified atom stereocenters. The first-order valence-electron chi connectivity index (χ1n) is 8.59. The van der Waals surface area contributed by atoms with E-state index < -0.39 is 11.9 Å². The number of nitrogens with zero attached hydrogens (tertiary/aromatic N) is 2.